The number of amides is 1. The number of nitrogens with one attached hydrogen (secondary N) is 1. The topological polar surface area (TPSA) is 69.0 Å². The molecule has 1 heterocycles. The smallest absolute Gasteiger partial charge is 0.251 e. The highest BCUT2D eigenvalue weighted by Crippen LogP contribution is 2.17. The fourth-order valence-corrected chi connectivity index (χ4v) is 2.54. The van der Waals surface area contributed by atoms with Crippen molar-refractivity contribution >= 4 is 5.91 Å². The summed E-state index contributed by atoms with van der Waals surface area (Å²) >= 11 is 0. The first kappa shape index (κ1) is 17.7. The molecule has 0 radical (unpaired) electrons. The molecule has 134 valence electrons. The zero-order chi connectivity index (χ0) is 18.4. The molecule has 0 aliphatic rings. The van der Waals surface area contributed by atoms with Gasteiger partial charge in [-0.15, -0.1) is 0 Å². The maximum Gasteiger partial charge on any atom is 0.251 e. The van der Waals surface area contributed by atoms with Crippen LogP contribution < -0.4 is 10.1 Å². The van der Waals surface area contributed by atoms with Gasteiger partial charge in [0.15, 0.2) is 0 Å². The van der Waals surface area contributed by atoms with E-state index in [0.29, 0.717) is 12.2 Å². The third-order valence-electron chi connectivity index (χ3n) is 4.01. The Morgan fingerprint density at radius 2 is 1.88 bits per heavy atom. The normalized spacial score (nSPS) is 11.8. The molecule has 1 N–H and O–H groups in total. The molecule has 6 heteroatoms. The maximum absolute atomic E-state index is 12.4. The summed E-state index contributed by atoms with van der Waals surface area (Å²) in [5.41, 5.74) is 2.55. The summed E-state index contributed by atoms with van der Waals surface area (Å²) in [6.45, 7) is 4.69. The molecule has 0 bridgehead atoms. The molecule has 6 nitrogen and oxygen atoms in total. The number of benzene rings is 2. The molecule has 26 heavy (non-hydrogen) atoms. The van der Waals surface area contributed by atoms with Crippen LogP contribution in [0, 0.1) is 0 Å². The standard InChI is InChI=1S/C20H22N4O2/c1-3-12-26-19-10-6-17(7-11-19)20(25)23-15(2)16-4-8-18(9-5-16)24-14-21-13-22-24/h4-11,13-15H,3,12H2,1-2H3,(H,23,25). The Kier molecular flexibility index (Phi) is 5.63. The molecule has 1 atom stereocenters. The van der Waals surface area contributed by atoms with Gasteiger partial charge in [-0.25, -0.2) is 9.67 Å². The fourth-order valence-electron chi connectivity index (χ4n) is 2.54. The number of aromatic nitrogens is 3. The molecule has 0 spiro atoms. The molecule has 3 rings (SSSR count). The molecule has 0 aliphatic heterocycles. The lowest BCUT2D eigenvalue weighted by atomic mass is 10.1. The van der Waals surface area contributed by atoms with E-state index in [1.807, 2.05) is 43.3 Å². The van der Waals surface area contributed by atoms with Crippen LogP contribution in [0.3, 0.4) is 0 Å². The number of hydrogen-bond donors (Lipinski definition) is 1. The third-order valence-corrected chi connectivity index (χ3v) is 4.01. The predicted molar refractivity (Wildman–Crippen MR) is 99.5 cm³/mol. The Morgan fingerprint density at radius 1 is 1.15 bits per heavy atom. The monoisotopic (exact) mass is 350 g/mol. The van der Waals surface area contributed by atoms with Crippen LogP contribution in [-0.4, -0.2) is 27.3 Å². The Hall–Kier alpha value is -3.15. The first-order chi connectivity index (χ1) is 12.7. The van der Waals surface area contributed by atoms with E-state index < -0.39 is 0 Å². The first-order valence-electron chi connectivity index (χ1n) is 8.66. The zero-order valence-corrected chi connectivity index (χ0v) is 14.9. The highest BCUT2D eigenvalue weighted by atomic mass is 16.5. The minimum atomic E-state index is -0.111. The summed E-state index contributed by atoms with van der Waals surface area (Å²) in [4.78, 5) is 16.4. The molecule has 0 fully saturated rings. The van der Waals surface area contributed by atoms with Crippen LogP contribution in [0.1, 0.15) is 42.2 Å². The van der Waals surface area contributed by atoms with Crippen molar-refractivity contribution in [2.45, 2.75) is 26.3 Å². The van der Waals surface area contributed by atoms with Crippen LogP contribution in [0.5, 0.6) is 5.75 Å². The molecule has 3 aromatic rings. The lowest BCUT2D eigenvalue weighted by Crippen LogP contribution is -2.26. The van der Waals surface area contributed by atoms with Crippen LogP contribution in [0.4, 0.5) is 0 Å². The Balaban J connectivity index is 1.61. The molecular weight excluding hydrogens is 328 g/mol. The number of hydrogen-bond acceptors (Lipinski definition) is 4. The Bertz CT molecular complexity index is 827. The number of nitrogens with zero attached hydrogens (tertiary/aromatic N) is 3. The molecule has 0 saturated carbocycles. The van der Waals surface area contributed by atoms with E-state index in [-0.39, 0.29) is 11.9 Å². The average molecular weight is 350 g/mol. The van der Waals surface area contributed by atoms with Gasteiger partial charge in [-0.2, -0.15) is 5.10 Å². The lowest BCUT2D eigenvalue weighted by Gasteiger charge is -2.15. The molecule has 0 saturated heterocycles. The second-order valence-corrected chi connectivity index (χ2v) is 6.00. The molecule has 1 aromatic heterocycles. The second-order valence-electron chi connectivity index (χ2n) is 6.00. The van der Waals surface area contributed by atoms with Gasteiger partial charge < -0.3 is 10.1 Å². The molecule has 1 amide bonds. The lowest BCUT2D eigenvalue weighted by molar-refractivity contribution is 0.0940. The Morgan fingerprint density at radius 3 is 2.50 bits per heavy atom. The van der Waals surface area contributed by atoms with E-state index in [0.717, 1.165) is 23.4 Å². The number of ether oxygens (including phenoxy) is 1. The van der Waals surface area contributed by atoms with Crippen molar-refractivity contribution in [3.63, 3.8) is 0 Å². The van der Waals surface area contributed by atoms with Crippen LogP contribution in [0.25, 0.3) is 5.69 Å². The summed E-state index contributed by atoms with van der Waals surface area (Å²) in [5.74, 6) is 0.667. The maximum atomic E-state index is 12.4. The van der Waals surface area contributed by atoms with Gasteiger partial charge in [-0.3, -0.25) is 4.79 Å². The highest BCUT2D eigenvalue weighted by Gasteiger charge is 2.12. The van der Waals surface area contributed by atoms with E-state index in [2.05, 4.69) is 22.3 Å². The van der Waals surface area contributed by atoms with Gasteiger partial charge in [0, 0.05) is 5.56 Å². The molecule has 0 aliphatic carbocycles. The average Bonchev–Trinajstić information content (AvgIpc) is 3.21. The number of carbonyl (C=O) groups excluding carboxylic acids is 1. The third kappa shape index (κ3) is 4.27. The van der Waals surface area contributed by atoms with Crippen LogP contribution >= 0.6 is 0 Å². The summed E-state index contributed by atoms with van der Waals surface area (Å²) < 4.78 is 7.23. The quantitative estimate of drug-likeness (QED) is 0.707. The van der Waals surface area contributed by atoms with Crippen molar-refractivity contribution in [2.75, 3.05) is 6.61 Å². The van der Waals surface area contributed by atoms with E-state index >= 15 is 0 Å². The van der Waals surface area contributed by atoms with Crippen molar-refractivity contribution < 1.29 is 9.53 Å². The minimum Gasteiger partial charge on any atom is -0.494 e. The van der Waals surface area contributed by atoms with Gasteiger partial charge in [0.2, 0.25) is 0 Å². The highest BCUT2D eigenvalue weighted by molar-refractivity contribution is 5.94. The van der Waals surface area contributed by atoms with E-state index in [1.54, 1.807) is 23.1 Å². The zero-order valence-electron chi connectivity index (χ0n) is 14.9. The first-order valence-corrected chi connectivity index (χ1v) is 8.66. The van der Waals surface area contributed by atoms with Crippen molar-refractivity contribution in [3.05, 3.63) is 72.3 Å². The van der Waals surface area contributed by atoms with Gasteiger partial charge >= 0.3 is 0 Å². The van der Waals surface area contributed by atoms with Crippen molar-refractivity contribution in [1.29, 1.82) is 0 Å². The van der Waals surface area contributed by atoms with Crippen molar-refractivity contribution in [1.82, 2.24) is 20.1 Å². The fraction of sp³-hybridized carbons (Fsp3) is 0.250. The summed E-state index contributed by atoms with van der Waals surface area (Å²) in [6, 6.07) is 14.9. The number of carbonyl (C=O) groups is 1. The van der Waals surface area contributed by atoms with E-state index in [1.165, 1.54) is 6.33 Å². The molecule has 2 aromatic carbocycles. The number of rotatable bonds is 7. The molecular formula is C20H22N4O2. The van der Waals surface area contributed by atoms with Gasteiger partial charge in [0.05, 0.1) is 18.3 Å². The van der Waals surface area contributed by atoms with Gasteiger partial charge in [0.25, 0.3) is 5.91 Å². The van der Waals surface area contributed by atoms with E-state index in [9.17, 15) is 4.79 Å². The van der Waals surface area contributed by atoms with Gasteiger partial charge in [-0.05, 0) is 55.3 Å². The van der Waals surface area contributed by atoms with Gasteiger partial charge in [-0.1, -0.05) is 19.1 Å². The summed E-state index contributed by atoms with van der Waals surface area (Å²) in [6.07, 6.45) is 4.10. The van der Waals surface area contributed by atoms with Crippen LogP contribution in [0.15, 0.2) is 61.2 Å². The van der Waals surface area contributed by atoms with Crippen molar-refractivity contribution in [2.24, 2.45) is 0 Å². The summed E-state index contributed by atoms with van der Waals surface area (Å²) in [5, 5.41) is 7.12. The van der Waals surface area contributed by atoms with Crippen LogP contribution in [-0.2, 0) is 0 Å². The summed E-state index contributed by atoms with van der Waals surface area (Å²) in [7, 11) is 0. The van der Waals surface area contributed by atoms with Crippen LogP contribution in [0.2, 0.25) is 0 Å². The largest absolute Gasteiger partial charge is 0.494 e. The van der Waals surface area contributed by atoms with Gasteiger partial charge in [0.1, 0.15) is 18.4 Å². The minimum absolute atomic E-state index is 0.108. The Labute approximate surface area is 152 Å². The van der Waals surface area contributed by atoms with Crippen molar-refractivity contribution in [3.8, 4) is 11.4 Å². The second kappa shape index (κ2) is 8.29. The SMILES string of the molecule is CCCOc1ccc(C(=O)NC(C)c2ccc(-n3cncn3)cc2)cc1. The molecule has 1 unspecified atom stereocenters. The predicted octanol–water partition coefficient (Wildman–Crippen LogP) is 3.55. The van der Waals surface area contributed by atoms with E-state index in [4.69, 9.17) is 4.74 Å².